The SMILES string of the molecule is CCc1cc(NCC(C)O)cc(CC)c1O.Cc1cc(NCC(C)O)cc(C)c1O. The lowest BCUT2D eigenvalue weighted by Crippen LogP contribution is -2.15. The molecule has 168 valence electrons. The molecule has 0 bridgehead atoms. The lowest BCUT2D eigenvalue weighted by atomic mass is 10.0. The van der Waals surface area contributed by atoms with Crippen LogP contribution >= 0.6 is 0 Å². The van der Waals surface area contributed by atoms with E-state index in [0.29, 0.717) is 24.6 Å². The minimum atomic E-state index is -0.371. The number of hydrogen-bond donors (Lipinski definition) is 6. The summed E-state index contributed by atoms with van der Waals surface area (Å²) in [4.78, 5) is 0. The van der Waals surface area contributed by atoms with Crippen LogP contribution in [0.2, 0.25) is 0 Å². The van der Waals surface area contributed by atoms with Crippen molar-refractivity contribution in [3.8, 4) is 11.5 Å². The van der Waals surface area contributed by atoms with E-state index >= 15 is 0 Å². The van der Waals surface area contributed by atoms with E-state index in [2.05, 4.69) is 10.6 Å². The molecule has 0 aliphatic heterocycles. The van der Waals surface area contributed by atoms with E-state index in [9.17, 15) is 15.3 Å². The fourth-order valence-corrected chi connectivity index (χ4v) is 2.99. The number of aliphatic hydroxyl groups excluding tert-OH is 2. The zero-order chi connectivity index (χ0) is 22.8. The van der Waals surface area contributed by atoms with E-state index in [1.165, 1.54) is 0 Å². The molecule has 0 radical (unpaired) electrons. The summed E-state index contributed by atoms with van der Waals surface area (Å²) in [6, 6.07) is 7.61. The van der Waals surface area contributed by atoms with Crippen LogP contribution in [0.15, 0.2) is 24.3 Å². The van der Waals surface area contributed by atoms with Gasteiger partial charge in [-0.3, -0.25) is 0 Å². The highest BCUT2D eigenvalue weighted by atomic mass is 16.3. The summed E-state index contributed by atoms with van der Waals surface area (Å²) in [6.45, 7) is 12.3. The highest BCUT2D eigenvalue weighted by Crippen LogP contribution is 2.28. The normalized spacial score (nSPS) is 12.5. The maximum Gasteiger partial charge on any atom is 0.122 e. The van der Waals surface area contributed by atoms with E-state index in [4.69, 9.17) is 5.11 Å². The second-order valence-electron chi connectivity index (χ2n) is 7.77. The molecule has 0 saturated heterocycles. The Bertz CT molecular complexity index is 756. The summed E-state index contributed by atoms with van der Waals surface area (Å²) in [5.41, 5.74) is 5.49. The number of phenolic OH excluding ortho intramolecular Hbond substituents is 2. The van der Waals surface area contributed by atoms with E-state index in [0.717, 1.165) is 46.5 Å². The van der Waals surface area contributed by atoms with Crippen LogP contribution in [0, 0.1) is 13.8 Å². The van der Waals surface area contributed by atoms with Crippen LogP contribution in [0.25, 0.3) is 0 Å². The van der Waals surface area contributed by atoms with Gasteiger partial charge in [0.1, 0.15) is 11.5 Å². The number of anilines is 2. The van der Waals surface area contributed by atoms with Crippen LogP contribution in [0.4, 0.5) is 11.4 Å². The molecule has 2 atom stereocenters. The third kappa shape index (κ3) is 8.13. The summed E-state index contributed by atoms with van der Waals surface area (Å²) in [5.74, 6) is 0.750. The van der Waals surface area contributed by atoms with Crippen LogP contribution in [0.5, 0.6) is 11.5 Å². The van der Waals surface area contributed by atoms with E-state index in [1.54, 1.807) is 13.8 Å². The second-order valence-corrected chi connectivity index (χ2v) is 7.77. The Morgan fingerprint density at radius 3 is 1.40 bits per heavy atom. The van der Waals surface area contributed by atoms with Crippen LogP contribution in [0.1, 0.15) is 49.9 Å². The molecule has 0 heterocycles. The van der Waals surface area contributed by atoms with Gasteiger partial charge < -0.3 is 31.1 Å². The molecule has 6 heteroatoms. The van der Waals surface area contributed by atoms with Gasteiger partial charge in [-0.2, -0.15) is 0 Å². The highest BCUT2D eigenvalue weighted by Gasteiger charge is 2.08. The maximum atomic E-state index is 9.91. The molecule has 0 aliphatic rings. The number of nitrogens with one attached hydrogen (secondary N) is 2. The first-order valence-electron chi connectivity index (χ1n) is 10.6. The molecule has 0 aliphatic carbocycles. The first kappa shape index (κ1) is 25.6. The molecule has 6 nitrogen and oxygen atoms in total. The molecule has 0 amide bonds. The lowest BCUT2D eigenvalue weighted by Gasteiger charge is -2.13. The van der Waals surface area contributed by atoms with Gasteiger partial charge in [0.05, 0.1) is 12.2 Å². The topological polar surface area (TPSA) is 105 Å². The number of aryl methyl sites for hydroxylation is 4. The first-order valence-corrected chi connectivity index (χ1v) is 10.6. The van der Waals surface area contributed by atoms with Gasteiger partial charge in [0, 0.05) is 24.5 Å². The summed E-state index contributed by atoms with van der Waals surface area (Å²) in [5, 5.41) is 44.0. The number of hydrogen-bond acceptors (Lipinski definition) is 6. The molecule has 2 aromatic rings. The van der Waals surface area contributed by atoms with E-state index in [-0.39, 0.29) is 12.2 Å². The van der Waals surface area contributed by atoms with Gasteiger partial charge >= 0.3 is 0 Å². The predicted octanol–water partition coefficient (Wildman–Crippen LogP) is 4.11. The lowest BCUT2D eigenvalue weighted by molar-refractivity contribution is 0.208. The van der Waals surface area contributed by atoms with Crippen molar-refractivity contribution in [1.29, 1.82) is 0 Å². The second kappa shape index (κ2) is 12.3. The van der Waals surface area contributed by atoms with Crippen LogP contribution in [-0.2, 0) is 12.8 Å². The van der Waals surface area contributed by atoms with Crippen molar-refractivity contribution in [2.24, 2.45) is 0 Å². The Morgan fingerprint density at radius 2 is 1.07 bits per heavy atom. The van der Waals surface area contributed by atoms with Crippen molar-refractivity contribution in [3.05, 3.63) is 46.5 Å². The third-order valence-corrected chi connectivity index (χ3v) is 4.72. The number of rotatable bonds is 8. The van der Waals surface area contributed by atoms with Crippen molar-refractivity contribution >= 4 is 11.4 Å². The Hall–Kier alpha value is -2.44. The fourth-order valence-electron chi connectivity index (χ4n) is 2.99. The van der Waals surface area contributed by atoms with Gasteiger partial charge in [-0.15, -0.1) is 0 Å². The standard InChI is InChI=1S/C13H21NO2.C11H17NO2/c1-4-10-6-12(14-8-9(3)15)7-11(5-2)13(10)16;1-7-4-10(12-6-9(3)13)5-8(2)11(7)14/h6-7,9,14-16H,4-5,8H2,1-3H3;4-5,9,12-14H,6H2,1-3H3. The van der Waals surface area contributed by atoms with Gasteiger partial charge in [0.15, 0.2) is 0 Å². The molecule has 2 rings (SSSR count). The molecule has 2 aromatic carbocycles. The third-order valence-electron chi connectivity index (χ3n) is 4.72. The molecular weight excluding hydrogens is 380 g/mol. The average molecular weight is 419 g/mol. The molecule has 30 heavy (non-hydrogen) atoms. The van der Waals surface area contributed by atoms with E-state index < -0.39 is 0 Å². The molecule has 0 aromatic heterocycles. The Labute approximate surface area is 180 Å². The zero-order valence-corrected chi connectivity index (χ0v) is 19.1. The summed E-state index contributed by atoms with van der Waals surface area (Å²) >= 11 is 0. The number of aliphatic hydroxyl groups is 2. The van der Waals surface area contributed by atoms with Gasteiger partial charge in [-0.05, 0) is 87.1 Å². The van der Waals surface area contributed by atoms with Crippen molar-refractivity contribution < 1.29 is 20.4 Å². The van der Waals surface area contributed by atoms with Gasteiger partial charge in [0.2, 0.25) is 0 Å². The maximum absolute atomic E-state index is 9.91. The molecule has 6 N–H and O–H groups in total. The smallest absolute Gasteiger partial charge is 0.122 e. The van der Waals surface area contributed by atoms with Crippen molar-refractivity contribution in [2.75, 3.05) is 23.7 Å². The largest absolute Gasteiger partial charge is 0.507 e. The van der Waals surface area contributed by atoms with Gasteiger partial charge in [0.25, 0.3) is 0 Å². The monoisotopic (exact) mass is 418 g/mol. The Kier molecular flexibility index (Phi) is 10.5. The van der Waals surface area contributed by atoms with Gasteiger partial charge in [-0.25, -0.2) is 0 Å². The molecular formula is C24H38N2O4. The summed E-state index contributed by atoms with van der Waals surface area (Å²) in [6.07, 6.45) is 0.875. The minimum absolute atomic E-state index is 0.340. The van der Waals surface area contributed by atoms with Crippen molar-refractivity contribution in [2.45, 2.75) is 66.6 Å². The van der Waals surface area contributed by atoms with Crippen LogP contribution in [0.3, 0.4) is 0 Å². The van der Waals surface area contributed by atoms with Crippen LogP contribution in [-0.4, -0.2) is 45.7 Å². The fraction of sp³-hybridized carbons (Fsp3) is 0.500. The molecule has 0 fully saturated rings. The number of phenols is 2. The quantitative estimate of drug-likeness (QED) is 0.361. The summed E-state index contributed by atoms with van der Waals surface area (Å²) in [7, 11) is 0. The highest BCUT2D eigenvalue weighted by molar-refractivity contribution is 5.56. The molecule has 0 saturated carbocycles. The van der Waals surface area contributed by atoms with Crippen molar-refractivity contribution in [3.63, 3.8) is 0 Å². The number of benzene rings is 2. The van der Waals surface area contributed by atoms with Crippen LogP contribution < -0.4 is 10.6 Å². The molecule has 2 unspecified atom stereocenters. The molecule has 0 spiro atoms. The summed E-state index contributed by atoms with van der Waals surface area (Å²) < 4.78 is 0. The Balaban J connectivity index is 0.000000303. The predicted molar refractivity (Wildman–Crippen MR) is 125 cm³/mol. The van der Waals surface area contributed by atoms with Gasteiger partial charge in [-0.1, -0.05) is 13.8 Å². The Morgan fingerprint density at radius 1 is 0.700 bits per heavy atom. The first-order chi connectivity index (χ1) is 14.1. The van der Waals surface area contributed by atoms with Crippen molar-refractivity contribution in [1.82, 2.24) is 0 Å². The zero-order valence-electron chi connectivity index (χ0n) is 19.1. The average Bonchev–Trinajstić information content (AvgIpc) is 2.69. The number of aromatic hydroxyl groups is 2. The van der Waals surface area contributed by atoms with E-state index in [1.807, 2.05) is 52.0 Å². The minimum Gasteiger partial charge on any atom is -0.507 e.